The van der Waals surface area contributed by atoms with Gasteiger partial charge in [0.25, 0.3) is 5.91 Å². The summed E-state index contributed by atoms with van der Waals surface area (Å²) >= 11 is 0. The van der Waals surface area contributed by atoms with Gasteiger partial charge in [-0.05, 0) is 62.4 Å². The number of hydrogen-bond donors (Lipinski definition) is 2. The smallest absolute Gasteiger partial charge is 0.337 e. The Morgan fingerprint density at radius 1 is 0.923 bits per heavy atom. The highest BCUT2D eigenvalue weighted by Gasteiger charge is 2.16. The summed E-state index contributed by atoms with van der Waals surface area (Å²) < 4.78 is 31.2. The zero-order chi connectivity index (χ0) is 19.3. The summed E-state index contributed by atoms with van der Waals surface area (Å²) in [6, 6.07) is 11.6. The Balaban J connectivity index is 2.09. The lowest BCUT2D eigenvalue weighted by Gasteiger charge is -2.10. The molecular weight excluding hydrogens is 356 g/mol. The van der Waals surface area contributed by atoms with Crippen LogP contribution in [0.4, 0.5) is 5.69 Å². The molecular formula is C18H20N2O5S. The standard InChI is InChI=1S/C18H20N2O5S/c1-12(2)20-26(23,24)16-10-6-13(7-11-16)17(21)19-15-8-4-14(5-9-15)18(22)25-3/h4-12,20H,1-3H3,(H,19,21). The number of benzene rings is 2. The second kappa shape index (κ2) is 8.11. The zero-order valence-corrected chi connectivity index (χ0v) is 15.5. The molecule has 2 N–H and O–H groups in total. The molecule has 0 aliphatic rings. The van der Waals surface area contributed by atoms with E-state index < -0.39 is 21.9 Å². The number of hydrogen-bond acceptors (Lipinski definition) is 5. The molecule has 1 amide bonds. The van der Waals surface area contributed by atoms with E-state index in [-0.39, 0.29) is 10.9 Å². The Morgan fingerprint density at radius 3 is 1.96 bits per heavy atom. The van der Waals surface area contributed by atoms with Crippen molar-refractivity contribution in [1.29, 1.82) is 0 Å². The lowest BCUT2D eigenvalue weighted by Crippen LogP contribution is -2.30. The lowest BCUT2D eigenvalue weighted by atomic mass is 10.2. The van der Waals surface area contributed by atoms with Gasteiger partial charge >= 0.3 is 5.97 Å². The minimum atomic E-state index is -3.60. The van der Waals surface area contributed by atoms with Crippen molar-refractivity contribution in [2.24, 2.45) is 0 Å². The summed E-state index contributed by atoms with van der Waals surface area (Å²) in [4.78, 5) is 23.7. The normalized spacial score (nSPS) is 11.2. The van der Waals surface area contributed by atoms with Crippen LogP contribution in [0.2, 0.25) is 0 Å². The summed E-state index contributed by atoms with van der Waals surface area (Å²) in [5.41, 5.74) is 1.18. The second-order valence-electron chi connectivity index (χ2n) is 5.82. The third-order valence-corrected chi connectivity index (χ3v) is 5.06. The van der Waals surface area contributed by atoms with E-state index in [1.165, 1.54) is 43.5 Å². The van der Waals surface area contributed by atoms with Crippen molar-refractivity contribution < 1.29 is 22.7 Å². The number of ether oxygens (including phenoxy) is 1. The van der Waals surface area contributed by atoms with E-state index in [9.17, 15) is 18.0 Å². The molecule has 8 heteroatoms. The van der Waals surface area contributed by atoms with E-state index >= 15 is 0 Å². The highest BCUT2D eigenvalue weighted by Crippen LogP contribution is 2.14. The van der Waals surface area contributed by atoms with Crippen LogP contribution in [-0.4, -0.2) is 33.4 Å². The number of amides is 1. The molecule has 0 unspecified atom stereocenters. The zero-order valence-electron chi connectivity index (χ0n) is 14.6. The number of carbonyl (C=O) groups excluding carboxylic acids is 2. The minimum Gasteiger partial charge on any atom is -0.465 e. The van der Waals surface area contributed by atoms with Crippen LogP contribution in [0.15, 0.2) is 53.4 Å². The molecule has 0 aliphatic carbocycles. The molecule has 138 valence electrons. The lowest BCUT2D eigenvalue weighted by molar-refractivity contribution is 0.0600. The van der Waals surface area contributed by atoms with Crippen LogP contribution >= 0.6 is 0 Å². The Labute approximate surface area is 152 Å². The van der Waals surface area contributed by atoms with Crippen molar-refractivity contribution in [3.63, 3.8) is 0 Å². The molecule has 26 heavy (non-hydrogen) atoms. The maximum absolute atomic E-state index is 12.3. The highest BCUT2D eigenvalue weighted by molar-refractivity contribution is 7.89. The van der Waals surface area contributed by atoms with E-state index in [2.05, 4.69) is 14.8 Å². The third kappa shape index (κ3) is 4.90. The Hall–Kier alpha value is -2.71. The fourth-order valence-electron chi connectivity index (χ4n) is 2.17. The molecule has 0 radical (unpaired) electrons. The molecule has 0 fully saturated rings. The second-order valence-corrected chi connectivity index (χ2v) is 7.54. The number of rotatable bonds is 6. The fraction of sp³-hybridized carbons (Fsp3) is 0.222. The quantitative estimate of drug-likeness (QED) is 0.754. The average molecular weight is 376 g/mol. The minimum absolute atomic E-state index is 0.0881. The van der Waals surface area contributed by atoms with Crippen LogP contribution in [-0.2, 0) is 14.8 Å². The van der Waals surface area contributed by atoms with Crippen LogP contribution in [0, 0.1) is 0 Å². The Bertz CT molecular complexity index is 888. The molecule has 2 rings (SSSR count). The van der Waals surface area contributed by atoms with Crippen LogP contribution < -0.4 is 10.0 Å². The van der Waals surface area contributed by atoms with Gasteiger partial charge in [-0.15, -0.1) is 0 Å². The number of nitrogens with one attached hydrogen (secondary N) is 2. The van der Waals surface area contributed by atoms with Crippen LogP contribution in [0.5, 0.6) is 0 Å². The summed E-state index contributed by atoms with van der Waals surface area (Å²) in [6.07, 6.45) is 0. The summed E-state index contributed by atoms with van der Waals surface area (Å²) in [5.74, 6) is -0.855. The predicted octanol–water partition coefficient (Wildman–Crippen LogP) is 2.41. The largest absolute Gasteiger partial charge is 0.465 e. The van der Waals surface area contributed by atoms with E-state index in [4.69, 9.17) is 0 Å². The monoisotopic (exact) mass is 376 g/mol. The molecule has 0 saturated carbocycles. The van der Waals surface area contributed by atoms with Gasteiger partial charge in [-0.1, -0.05) is 0 Å². The van der Waals surface area contributed by atoms with Gasteiger partial charge in [0, 0.05) is 17.3 Å². The van der Waals surface area contributed by atoms with Crippen molar-refractivity contribution in [1.82, 2.24) is 4.72 Å². The van der Waals surface area contributed by atoms with E-state index in [1.54, 1.807) is 26.0 Å². The molecule has 0 spiro atoms. The van der Waals surface area contributed by atoms with Crippen molar-refractivity contribution in [3.8, 4) is 0 Å². The predicted molar refractivity (Wildman–Crippen MR) is 97.6 cm³/mol. The molecule has 0 heterocycles. The number of methoxy groups -OCH3 is 1. The number of carbonyl (C=O) groups is 2. The maximum atomic E-state index is 12.3. The Kier molecular flexibility index (Phi) is 6.12. The van der Waals surface area contributed by atoms with Crippen molar-refractivity contribution in [2.75, 3.05) is 12.4 Å². The Morgan fingerprint density at radius 2 is 1.46 bits per heavy atom. The summed E-state index contributed by atoms with van der Waals surface area (Å²) in [6.45, 7) is 3.45. The van der Waals surface area contributed by atoms with Gasteiger partial charge < -0.3 is 10.1 Å². The summed E-state index contributed by atoms with van der Waals surface area (Å²) in [7, 11) is -2.31. The van der Waals surface area contributed by atoms with Gasteiger partial charge in [0.05, 0.1) is 17.6 Å². The van der Waals surface area contributed by atoms with Crippen molar-refractivity contribution in [3.05, 3.63) is 59.7 Å². The molecule has 0 aromatic heterocycles. The van der Waals surface area contributed by atoms with Gasteiger partial charge in [0.1, 0.15) is 0 Å². The maximum Gasteiger partial charge on any atom is 0.337 e. The van der Waals surface area contributed by atoms with Gasteiger partial charge in [0.2, 0.25) is 10.0 Å². The van der Waals surface area contributed by atoms with E-state index in [0.29, 0.717) is 16.8 Å². The molecule has 7 nitrogen and oxygen atoms in total. The molecule has 0 atom stereocenters. The summed E-state index contributed by atoms with van der Waals surface area (Å²) in [5, 5.41) is 2.68. The first kappa shape index (κ1) is 19.6. The fourth-order valence-corrected chi connectivity index (χ4v) is 3.43. The number of anilines is 1. The van der Waals surface area contributed by atoms with Crippen molar-refractivity contribution >= 4 is 27.6 Å². The highest BCUT2D eigenvalue weighted by atomic mass is 32.2. The van der Waals surface area contributed by atoms with Gasteiger partial charge in [-0.3, -0.25) is 4.79 Å². The van der Waals surface area contributed by atoms with Crippen LogP contribution in [0.1, 0.15) is 34.6 Å². The number of sulfonamides is 1. The number of esters is 1. The van der Waals surface area contributed by atoms with Gasteiger partial charge in [-0.2, -0.15) is 0 Å². The van der Waals surface area contributed by atoms with Gasteiger partial charge in [-0.25, -0.2) is 17.9 Å². The molecule has 2 aromatic carbocycles. The molecule has 0 bridgehead atoms. The first-order chi connectivity index (χ1) is 12.2. The average Bonchev–Trinajstić information content (AvgIpc) is 2.60. The molecule has 0 aliphatic heterocycles. The van der Waals surface area contributed by atoms with Crippen LogP contribution in [0.3, 0.4) is 0 Å². The third-order valence-electron chi connectivity index (χ3n) is 3.38. The van der Waals surface area contributed by atoms with Gasteiger partial charge in [0.15, 0.2) is 0 Å². The SMILES string of the molecule is COC(=O)c1ccc(NC(=O)c2ccc(S(=O)(=O)NC(C)C)cc2)cc1. The molecule has 2 aromatic rings. The molecule has 0 saturated heterocycles. The van der Waals surface area contributed by atoms with E-state index in [1.807, 2.05) is 0 Å². The van der Waals surface area contributed by atoms with Crippen molar-refractivity contribution in [2.45, 2.75) is 24.8 Å². The topological polar surface area (TPSA) is 102 Å². The first-order valence-corrected chi connectivity index (χ1v) is 9.33. The van der Waals surface area contributed by atoms with Crippen LogP contribution in [0.25, 0.3) is 0 Å². The first-order valence-electron chi connectivity index (χ1n) is 7.85. The van der Waals surface area contributed by atoms with E-state index in [0.717, 1.165) is 0 Å².